The number of aliphatic imine (C=N–C) groups is 1. The van der Waals surface area contributed by atoms with Crippen molar-refractivity contribution in [1.29, 1.82) is 0 Å². The van der Waals surface area contributed by atoms with Gasteiger partial charge in [-0.25, -0.2) is 4.98 Å². The van der Waals surface area contributed by atoms with Gasteiger partial charge in [0.2, 0.25) is 5.82 Å². The Morgan fingerprint density at radius 1 is 1.24 bits per heavy atom. The number of aromatic nitrogens is 3. The molecule has 152 valence electrons. The lowest BCUT2D eigenvalue weighted by molar-refractivity contribution is 0.371. The van der Waals surface area contributed by atoms with E-state index >= 15 is 0 Å². The van der Waals surface area contributed by atoms with E-state index in [0.29, 0.717) is 18.1 Å². The number of hydrogen-bond donors (Lipinski definition) is 2. The van der Waals surface area contributed by atoms with Crippen LogP contribution in [-0.4, -0.2) is 66.4 Å². The van der Waals surface area contributed by atoms with Gasteiger partial charge in [-0.2, -0.15) is 0 Å². The Morgan fingerprint density at radius 2 is 2.10 bits per heavy atom. The molecule has 1 aliphatic heterocycles. The first kappa shape index (κ1) is 18.9. The highest BCUT2D eigenvalue weighted by atomic mass is 16.5. The van der Waals surface area contributed by atoms with Gasteiger partial charge in [0.1, 0.15) is 11.6 Å². The van der Waals surface area contributed by atoms with Crippen molar-refractivity contribution in [2.75, 3.05) is 45.2 Å². The molecule has 9 nitrogen and oxygen atoms in total. The fraction of sp³-hybridized carbons (Fsp3) is 0.350. The zero-order valence-electron chi connectivity index (χ0n) is 16.6. The molecule has 1 fully saturated rings. The van der Waals surface area contributed by atoms with E-state index in [1.807, 2.05) is 24.3 Å². The SMILES string of the molecule is CN=C(NCc1nc(-c2ccco2)n[nH]1)N1CCN(c2cccc(OC)c2)CC1. The van der Waals surface area contributed by atoms with Crippen LogP contribution < -0.4 is 15.0 Å². The minimum Gasteiger partial charge on any atom is -0.497 e. The summed E-state index contributed by atoms with van der Waals surface area (Å²) in [6.45, 7) is 4.10. The molecule has 0 bridgehead atoms. The highest BCUT2D eigenvalue weighted by Crippen LogP contribution is 2.22. The molecule has 29 heavy (non-hydrogen) atoms. The van der Waals surface area contributed by atoms with Gasteiger partial charge in [0.25, 0.3) is 0 Å². The van der Waals surface area contributed by atoms with Gasteiger partial charge < -0.3 is 24.3 Å². The number of aromatic amines is 1. The number of hydrogen-bond acceptors (Lipinski definition) is 6. The van der Waals surface area contributed by atoms with E-state index in [4.69, 9.17) is 9.15 Å². The van der Waals surface area contributed by atoms with Gasteiger partial charge in [0, 0.05) is 45.0 Å². The topological polar surface area (TPSA) is 94.8 Å². The standard InChI is InChI=1S/C20H25N7O2/c1-21-20(22-14-18-23-19(25-24-18)17-7-4-12-29-17)27-10-8-26(9-11-27)15-5-3-6-16(13-15)28-2/h3-7,12-13H,8-11,14H2,1-2H3,(H,21,22)(H,23,24,25). The monoisotopic (exact) mass is 395 g/mol. The zero-order valence-corrected chi connectivity index (χ0v) is 16.6. The minimum absolute atomic E-state index is 0.510. The fourth-order valence-electron chi connectivity index (χ4n) is 3.37. The summed E-state index contributed by atoms with van der Waals surface area (Å²) in [6, 6.07) is 11.8. The van der Waals surface area contributed by atoms with Crippen molar-refractivity contribution in [3.05, 3.63) is 48.5 Å². The first-order valence-electron chi connectivity index (χ1n) is 9.56. The number of guanidine groups is 1. The van der Waals surface area contributed by atoms with Crippen LogP contribution in [0.2, 0.25) is 0 Å². The number of furan rings is 1. The first-order chi connectivity index (χ1) is 14.3. The molecule has 0 amide bonds. The number of H-pyrrole nitrogens is 1. The molecule has 2 aromatic heterocycles. The lowest BCUT2D eigenvalue weighted by atomic mass is 10.2. The zero-order chi connectivity index (χ0) is 20.1. The number of nitrogens with one attached hydrogen (secondary N) is 2. The lowest BCUT2D eigenvalue weighted by Gasteiger charge is -2.37. The van der Waals surface area contributed by atoms with Gasteiger partial charge >= 0.3 is 0 Å². The Labute approximate surface area is 169 Å². The van der Waals surface area contributed by atoms with Crippen molar-refractivity contribution in [1.82, 2.24) is 25.4 Å². The molecule has 1 aromatic carbocycles. The molecule has 1 saturated heterocycles. The number of nitrogens with zero attached hydrogens (tertiary/aromatic N) is 5. The van der Waals surface area contributed by atoms with Gasteiger partial charge in [-0.15, -0.1) is 5.10 Å². The summed E-state index contributed by atoms with van der Waals surface area (Å²) in [6.07, 6.45) is 1.61. The molecule has 0 saturated carbocycles. The van der Waals surface area contributed by atoms with Gasteiger partial charge in [-0.1, -0.05) is 6.07 Å². The van der Waals surface area contributed by atoms with Crippen LogP contribution in [0.4, 0.5) is 5.69 Å². The van der Waals surface area contributed by atoms with E-state index < -0.39 is 0 Å². The van der Waals surface area contributed by atoms with Gasteiger partial charge in [0.05, 0.1) is 19.9 Å². The van der Waals surface area contributed by atoms with Crippen LogP contribution in [-0.2, 0) is 6.54 Å². The molecule has 0 radical (unpaired) electrons. The van der Waals surface area contributed by atoms with Crippen LogP contribution in [0.5, 0.6) is 5.75 Å². The average molecular weight is 395 g/mol. The lowest BCUT2D eigenvalue weighted by Crippen LogP contribution is -2.52. The van der Waals surface area contributed by atoms with Crippen LogP contribution >= 0.6 is 0 Å². The van der Waals surface area contributed by atoms with E-state index in [9.17, 15) is 0 Å². The smallest absolute Gasteiger partial charge is 0.216 e. The van der Waals surface area contributed by atoms with Gasteiger partial charge in [-0.3, -0.25) is 10.1 Å². The normalized spacial score (nSPS) is 14.9. The van der Waals surface area contributed by atoms with Gasteiger partial charge in [-0.05, 0) is 24.3 Å². The van der Waals surface area contributed by atoms with E-state index in [-0.39, 0.29) is 0 Å². The summed E-state index contributed by atoms with van der Waals surface area (Å²) in [7, 11) is 3.49. The summed E-state index contributed by atoms with van der Waals surface area (Å²) >= 11 is 0. The van der Waals surface area contributed by atoms with Gasteiger partial charge in [0.15, 0.2) is 11.7 Å². The molecule has 1 aliphatic rings. The van der Waals surface area contributed by atoms with Crippen LogP contribution in [0, 0.1) is 0 Å². The molecule has 0 unspecified atom stereocenters. The second kappa shape index (κ2) is 8.68. The van der Waals surface area contributed by atoms with Crippen LogP contribution in [0.1, 0.15) is 5.82 Å². The quantitative estimate of drug-likeness (QED) is 0.504. The van der Waals surface area contributed by atoms with Crippen molar-refractivity contribution in [3.63, 3.8) is 0 Å². The molecule has 4 rings (SSSR count). The molecule has 0 aliphatic carbocycles. The van der Waals surface area contributed by atoms with E-state index in [1.165, 1.54) is 5.69 Å². The van der Waals surface area contributed by atoms with E-state index in [2.05, 4.69) is 47.4 Å². The van der Waals surface area contributed by atoms with Crippen LogP contribution in [0.15, 0.2) is 52.1 Å². The maximum absolute atomic E-state index is 5.34. The summed E-state index contributed by atoms with van der Waals surface area (Å²) in [5.41, 5.74) is 1.18. The number of rotatable bonds is 5. The summed E-state index contributed by atoms with van der Waals surface area (Å²) in [5, 5.41) is 10.5. The Kier molecular flexibility index (Phi) is 5.64. The molecule has 9 heteroatoms. The van der Waals surface area contributed by atoms with Crippen molar-refractivity contribution in [2.24, 2.45) is 4.99 Å². The van der Waals surface area contributed by atoms with E-state index in [1.54, 1.807) is 20.4 Å². The van der Waals surface area contributed by atoms with Crippen LogP contribution in [0.3, 0.4) is 0 Å². The van der Waals surface area contributed by atoms with Crippen molar-refractivity contribution in [2.45, 2.75) is 6.54 Å². The maximum atomic E-state index is 5.34. The van der Waals surface area contributed by atoms with Crippen molar-refractivity contribution >= 4 is 11.6 Å². The second-order valence-electron chi connectivity index (χ2n) is 6.66. The summed E-state index contributed by atoms with van der Waals surface area (Å²) < 4.78 is 10.7. The number of benzene rings is 1. The highest BCUT2D eigenvalue weighted by molar-refractivity contribution is 5.80. The number of ether oxygens (including phenoxy) is 1. The van der Waals surface area contributed by atoms with E-state index in [0.717, 1.165) is 43.7 Å². The molecular formula is C20H25N7O2. The highest BCUT2D eigenvalue weighted by Gasteiger charge is 2.20. The third kappa shape index (κ3) is 4.34. The number of methoxy groups -OCH3 is 1. The summed E-state index contributed by atoms with van der Waals surface area (Å²) in [5.74, 6) is 3.65. The van der Waals surface area contributed by atoms with Crippen molar-refractivity contribution in [3.8, 4) is 17.3 Å². The maximum Gasteiger partial charge on any atom is 0.216 e. The molecule has 3 aromatic rings. The summed E-state index contributed by atoms with van der Waals surface area (Å²) in [4.78, 5) is 13.5. The van der Waals surface area contributed by atoms with Crippen LogP contribution in [0.25, 0.3) is 11.6 Å². The number of piperazine rings is 1. The predicted molar refractivity (Wildman–Crippen MR) is 111 cm³/mol. The molecule has 0 spiro atoms. The molecule has 2 N–H and O–H groups in total. The second-order valence-corrected chi connectivity index (χ2v) is 6.66. The Morgan fingerprint density at radius 3 is 2.83 bits per heavy atom. The first-order valence-corrected chi connectivity index (χ1v) is 9.56. The third-order valence-corrected chi connectivity index (χ3v) is 4.90. The number of anilines is 1. The Hall–Kier alpha value is -3.49. The third-order valence-electron chi connectivity index (χ3n) is 4.90. The Bertz CT molecular complexity index is 943. The van der Waals surface area contributed by atoms with Crippen molar-refractivity contribution < 1.29 is 9.15 Å². The minimum atomic E-state index is 0.510. The molecule has 0 atom stereocenters. The predicted octanol–water partition coefficient (Wildman–Crippen LogP) is 1.97. The average Bonchev–Trinajstić information content (AvgIpc) is 3.47. The molecular weight excluding hydrogens is 370 g/mol. The fourth-order valence-corrected chi connectivity index (χ4v) is 3.37. The Balaban J connectivity index is 1.31. The largest absolute Gasteiger partial charge is 0.497 e. The molecule has 3 heterocycles.